The van der Waals surface area contributed by atoms with E-state index in [4.69, 9.17) is 0 Å². The fraction of sp³-hybridized carbons (Fsp3) is 0.286. The van der Waals surface area contributed by atoms with Crippen molar-refractivity contribution in [1.29, 1.82) is 0 Å². The van der Waals surface area contributed by atoms with Gasteiger partial charge in [-0.15, -0.1) is 5.10 Å². The zero-order valence-corrected chi connectivity index (χ0v) is 17.8. The first-order valence-electron chi connectivity index (χ1n) is 10.0. The number of hydrogen-bond acceptors (Lipinski definition) is 5. The molecule has 0 bridgehead atoms. The molecule has 168 valence electrons. The second kappa shape index (κ2) is 9.13. The van der Waals surface area contributed by atoms with Crippen LogP contribution in [-0.2, 0) is 21.4 Å². The molecule has 1 aromatic heterocycles. The van der Waals surface area contributed by atoms with E-state index in [2.05, 4.69) is 15.4 Å². The normalized spacial score (nSPS) is 15.6. The molecule has 8 nitrogen and oxygen atoms in total. The van der Waals surface area contributed by atoms with Gasteiger partial charge in [0.25, 0.3) is 0 Å². The Hall–Kier alpha value is -3.18. The van der Waals surface area contributed by atoms with Crippen LogP contribution in [0, 0.1) is 17.6 Å². The van der Waals surface area contributed by atoms with E-state index in [-0.39, 0.29) is 29.8 Å². The molecule has 1 fully saturated rings. The standard InChI is InChI=1S/C21H21F2N5O3S/c22-18-7-6-17(12-19(18)23)32(30,31)28-10-8-16(9-11-28)20(29)25-21-24-14-27(26-21)13-15-4-2-1-3-5-15/h1-7,12,14,16H,8-11,13H2,(H,25,26,29). The number of halogens is 2. The number of nitrogens with one attached hydrogen (secondary N) is 1. The van der Waals surface area contributed by atoms with Crippen LogP contribution in [-0.4, -0.2) is 46.5 Å². The quantitative estimate of drug-likeness (QED) is 0.609. The number of amides is 1. The highest BCUT2D eigenvalue weighted by Gasteiger charge is 2.32. The number of aromatic nitrogens is 3. The van der Waals surface area contributed by atoms with E-state index >= 15 is 0 Å². The zero-order chi connectivity index (χ0) is 22.7. The topological polar surface area (TPSA) is 97.2 Å². The summed E-state index contributed by atoms with van der Waals surface area (Å²) in [4.78, 5) is 16.4. The third kappa shape index (κ3) is 4.83. The number of hydrogen-bond donors (Lipinski definition) is 1. The Morgan fingerprint density at radius 1 is 1.06 bits per heavy atom. The summed E-state index contributed by atoms with van der Waals surface area (Å²) in [7, 11) is -3.97. The Morgan fingerprint density at radius 2 is 1.78 bits per heavy atom. The van der Waals surface area contributed by atoms with Crippen molar-refractivity contribution in [3.63, 3.8) is 0 Å². The Bertz CT molecular complexity index is 1210. The van der Waals surface area contributed by atoms with Crippen LogP contribution in [0.5, 0.6) is 0 Å². The summed E-state index contributed by atoms with van der Waals surface area (Å²) in [5, 5.41) is 6.93. The van der Waals surface area contributed by atoms with Crippen molar-refractivity contribution in [2.24, 2.45) is 5.92 Å². The van der Waals surface area contributed by atoms with Crippen molar-refractivity contribution in [1.82, 2.24) is 19.1 Å². The first-order valence-corrected chi connectivity index (χ1v) is 11.5. The van der Waals surface area contributed by atoms with E-state index in [9.17, 15) is 22.0 Å². The lowest BCUT2D eigenvalue weighted by Gasteiger charge is -2.30. The van der Waals surface area contributed by atoms with Crippen molar-refractivity contribution >= 4 is 21.9 Å². The highest BCUT2D eigenvalue weighted by molar-refractivity contribution is 7.89. The third-order valence-electron chi connectivity index (χ3n) is 5.31. The average molecular weight is 461 g/mol. The highest BCUT2D eigenvalue weighted by Crippen LogP contribution is 2.25. The van der Waals surface area contributed by atoms with E-state index in [0.717, 1.165) is 17.7 Å². The van der Waals surface area contributed by atoms with Gasteiger partial charge >= 0.3 is 0 Å². The molecule has 0 aliphatic carbocycles. The summed E-state index contributed by atoms with van der Waals surface area (Å²) in [6.45, 7) is 0.703. The zero-order valence-electron chi connectivity index (χ0n) is 17.0. The van der Waals surface area contributed by atoms with Crippen molar-refractivity contribution < 1.29 is 22.0 Å². The fourth-order valence-electron chi connectivity index (χ4n) is 3.56. The largest absolute Gasteiger partial charge is 0.293 e. The lowest BCUT2D eigenvalue weighted by atomic mass is 9.97. The van der Waals surface area contributed by atoms with Crippen LogP contribution in [0.15, 0.2) is 59.8 Å². The molecule has 11 heteroatoms. The maximum absolute atomic E-state index is 13.5. The Labute approximate surface area is 183 Å². The first-order chi connectivity index (χ1) is 15.3. The van der Waals surface area contributed by atoms with Gasteiger partial charge in [-0.3, -0.25) is 10.1 Å². The number of benzene rings is 2. The van der Waals surface area contributed by atoms with Crippen LogP contribution in [0.2, 0.25) is 0 Å². The number of sulfonamides is 1. The monoisotopic (exact) mass is 461 g/mol. The molecule has 1 aliphatic rings. The molecule has 0 radical (unpaired) electrons. The highest BCUT2D eigenvalue weighted by atomic mass is 32.2. The van der Waals surface area contributed by atoms with Crippen molar-refractivity contribution in [3.8, 4) is 0 Å². The molecule has 2 heterocycles. The summed E-state index contributed by atoms with van der Waals surface area (Å²) in [5.41, 5.74) is 1.05. The molecule has 3 aromatic rings. The lowest BCUT2D eigenvalue weighted by Crippen LogP contribution is -2.41. The van der Waals surface area contributed by atoms with Crippen LogP contribution in [0.4, 0.5) is 14.7 Å². The second-order valence-corrected chi connectivity index (χ2v) is 9.43. The minimum absolute atomic E-state index is 0.0926. The maximum Gasteiger partial charge on any atom is 0.248 e. The molecule has 4 rings (SSSR count). The van der Waals surface area contributed by atoms with Gasteiger partial charge in [-0.1, -0.05) is 30.3 Å². The number of nitrogens with zero attached hydrogens (tertiary/aromatic N) is 4. The van der Waals surface area contributed by atoms with Crippen molar-refractivity contribution in [2.75, 3.05) is 18.4 Å². The molecule has 0 atom stereocenters. The van der Waals surface area contributed by atoms with Gasteiger partial charge in [-0.25, -0.2) is 26.9 Å². The van der Waals surface area contributed by atoms with E-state index in [1.54, 1.807) is 4.68 Å². The van der Waals surface area contributed by atoms with Crippen LogP contribution in [0.25, 0.3) is 0 Å². The van der Waals surface area contributed by atoms with Gasteiger partial charge in [0.15, 0.2) is 11.6 Å². The fourth-order valence-corrected chi connectivity index (χ4v) is 5.04. The third-order valence-corrected chi connectivity index (χ3v) is 7.21. The summed E-state index contributed by atoms with van der Waals surface area (Å²) >= 11 is 0. The Kier molecular flexibility index (Phi) is 6.28. The average Bonchev–Trinajstić information content (AvgIpc) is 3.23. The molecular formula is C21H21F2N5O3S. The molecular weight excluding hydrogens is 440 g/mol. The SMILES string of the molecule is O=C(Nc1ncn(Cc2ccccc2)n1)C1CCN(S(=O)(=O)c2ccc(F)c(F)c2)CC1. The molecule has 0 spiro atoms. The number of rotatable bonds is 6. The number of anilines is 1. The predicted molar refractivity (Wildman–Crippen MR) is 112 cm³/mol. The van der Waals surface area contributed by atoms with Crippen molar-refractivity contribution in [3.05, 3.63) is 72.1 Å². The van der Waals surface area contributed by atoms with E-state index in [0.29, 0.717) is 25.5 Å². The van der Waals surface area contributed by atoms with Gasteiger partial charge < -0.3 is 0 Å². The van der Waals surface area contributed by atoms with E-state index < -0.39 is 27.6 Å². The minimum Gasteiger partial charge on any atom is -0.293 e. The van der Waals surface area contributed by atoms with Gasteiger partial charge in [0.05, 0.1) is 11.4 Å². The van der Waals surface area contributed by atoms with Gasteiger partial charge in [0, 0.05) is 19.0 Å². The summed E-state index contributed by atoms with van der Waals surface area (Å²) < 4.78 is 54.7. The minimum atomic E-state index is -3.97. The first kappa shape index (κ1) is 22.0. The molecule has 0 saturated carbocycles. The van der Waals surface area contributed by atoms with Crippen LogP contribution in [0.3, 0.4) is 0 Å². The van der Waals surface area contributed by atoms with Gasteiger partial charge in [0.1, 0.15) is 6.33 Å². The smallest absolute Gasteiger partial charge is 0.248 e. The summed E-state index contributed by atoms with van der Waals surface area (Å²) in [5.74, 6) is -2.85. The van der Waals surface area contributed by atoms with E-state index in [1.807, 2.05) is 30.3 Å². The Balaban J connectivity index is 1.33. The van der Waals surface area contributed by atoms with Crippen molar-refractivity contribution in [2.45, 2.75) is 24.3 Å². The molecule has 1 aliphatic heterocycles. The number of carbonyl (C=O) groups is 1. The molecule has 1 N–H and O–H groups in total. The maximum atomic E-state index is 13.5. The number of carbonyl (C=O) groups excluding carboxylic acids is 1. The van der Waals surface area contributed by atoms with Gasteiger partial charge in [0.2, 0.25) is 21.9 Å². The predicted octanol–water partition coefficient (Wildman–Crippen LogP) is 2.64. The molecule has 1 amide bonds. The van der Waals surface area contributed by atoms with Crippen LogP contribution >= 0.6 is 0 Å². The van der Waals surface area contributed by atoms with Crippen LogP contribution < -0.4 is 5.32 Å². The number of piperidine rings is 1. The molecule has 2 aromatic carbocycles. The molecule has 1 saturated heterocycles. The summed E-state index contributed by atoms with van der Waals surface area (Å²) in [6, 6.07) is 12.2. The van der Waals surface area contributed by atoms with Gasteiger partial charge in [-0.2, -0.15) is 4.31 Å². The lowest BCUT2D eigenvalue weighted by molar-refractivity contribution is -0.121. The van der Waals surface area contributed by atoms with Gasteiger partial charge in [-0.05, 0) is 36.6 Å². The van der Waals surface area contributed by atoms with E-state index in [1.165, 1.54) is 10.6 Å². The van der Waals surface area contributed by atoms with Crippen LogP contribution in [0.1, 0.15) is 18.4 Å². The molecule has 32 heavy (non-hydrogen) atoms. The Morgan fingerprint density at radius 3 is 2.47 bits per heavy atom. The second-order valence-electron chi connectivity index (χ2n) is 7.49. The summed E-state index contributed by atoms with van der Waals surface area (Å²) in [6.07, 6.45) is 2.11. The molecule has 0 unspecified atom stereocenters.